The Morgan fingerprint density at radius 3 is 2.55 bits per heavy atom. The first-order chi connectivity index (χ1) is 9.61. The van der Waals surface area contributed by atoms with Crippen LogP contribution in [0.25, 0.3) is 0 Å². The molecule has 5 nitrogen and oxygen atoms in total. The fourth-order valence-electron chi connectivity index (χ4n) is 2.11. The van der Waals surface area contributed by atoms with Crippen LogP contribution in [0.15, 0.2) is 36.5 Å². The number of hydrogen-bond acceptors (Lipinski definition) is 3. The molecule has 0 saturated carbocycles. The lowest BCUT2D eigenvalue weighted by molar-refractivity contribution is 0.0956. The van der Waals surface area contributed by atoms with Crippen molar-refractivity contribution in [1.82, 2.24) is 15.1 Å². The highest BCUT2D eigenvalue weighted by Gasteiger charge is 2.09. The summed E-state index contributed by atoms with van der Waals surface area (Å²) in [5, 5.41) is 10.3. The highest BCUT2D eigenvalue weighted by Crippen LogP contribution is 2.18. The number of aryl methyl sites for hydroxylation is 1. The van der Waals surface area contributed by atoms with Gasteiger partial charge < -0.3 is 10.6 Å². The summed E-state index contributed by atoms with van der Waals surface area (Å²) in [6, 6.07) is 9.61. The molecule has 2 N–H and O–H groups in total. The van der Waals surface area contributed by atoms with Crippen LogP contribution in [0.1, 0.15) is 35.9 Å². The van der Waals surface area contributed by atoms with Crippen molar-refractivity contribution in [2.45, 2.75) is 19.9 Å². The summed E-state index contributed by atoms with van der Waals surface area (Å²) in [5.41, 5.74) is 2.76. The van der Waals surface area contributed by atoms with Crippen LogP contribution >= 0.6 is 0 Å². The molecule has 2 rings (SSSR count). The van der Waals surface area contributed by atoms with E-state index in [0.29, 0.717) is 12.1 Å². The molecule has 20 heavy (non-hydrogen) atoms. The molecule has 0 radical (unpaired) electrons. The molecule has 2 aromatic rings. The second kappa shape index (κ2) is 6.23. The number of amides is 1. The van der Waals surface area contributed by atoms with Gasteiger partial charge in [0.05, 0.1) is 11.7 Å². The maximum Gasteiger partial charge on any atom is 0.251 e. The first-order valence-corrected chi connectivity index (χ1v) is 6.74. The maximum absolute atomic E-state index is 11.7. The highest BCUT2D eigenvalue weighted by atomic mass is 16.1. The van der Waals surface area contributed by atoms with Crippen LogP contribution in [0, 0.1) is 0 Å². The highest BCUT2D eigenvalue weighted by molar-refractivity contribution is 5.94. The summed E-state index contributed by atoms with van der Waals surface area (Å²) in [6.07, 6.45) is 1.78. The number of carbonyl (C=O) groups excluding carboxylic acids is 1. The van der Waals surface area contributed by atoms with Gasteiger partial charge in [-0.2, -0.15) is 5.10 Å². The number of anilines is 1. The van der Waals surface area contributed by atoms with Gasteiger partial charge in [0.1, 0.15) is 0 Å². The van der Waals surface area contributed by atoms with E-state index in [1.807, 2.05) is 49.0 Å². The molecule has 106 valence electrons. The maximum atomic E-state index is 11.7. The predicted octanol–water partition coefficient (Wildman–Crippen LogP) is 2.34. The fourth-order valence-corrected chi connectivity index (χ4v) is 2.11. The monoisotopic (exact) mass is 272 g/mol. The Balaban J connectivity index is 2.04. The third-order valence-corrected chi connectivity index (χ3v) is 3.17. The van der Waals surface area contributed by atoms with Gasteiger partial charge in [-0.05, 0) is 44.2 Å². The zero-order chi connectivity index (χ0) is 14.5. The number of rotatable bonds is 5. The normalized spacial score (nSPS) is 11.9. The molecule has 0 aliphatic rings. The molecule has 1 aromatic heterocycles. The molecule has 5 heteroatoms. The van der Waals surface area contributed by atoms with E-state index in [-0.39, 0.29) is 11.9 Å². The zero-order valence-electron chi connectivity index (χ0n) is 12.1. The number of hydrogen-bond donors (Lipinski definition) is 2. The summed E-state index contributed by atoms with van der Waals surface area (Å²) in [7, 11) is 1.92. The Hall–Kier alpha value is -2.30. The number of carbonyl (C=O) groups is 1. The summed E-state index contributed by atoms with van der Waals surface area (Å²) < 4.78 is 1.85. The van der Waals surface area contributed by atoms with Crippen molar-refractivity contribution in [3.05, 3.63) is 47.8 Å². The molecule has 1 heterocycles. The molecular formula is C15H20N4O. The van der Waals surface area contributed by atoms with Crippen LogP contribution in [0.5, 0.6) is 0 Å². The van der Waals surface area contributed by atoms with Crippen molar-refractivity contribution in [3.63, 3.8) is 0 Å². The van der Waals surface area contributed by atoms with Crippen molar-refractivity contribution in [3.8, 4) is 0 Å². The van der Waals surface area contributed by atoms with Crippen molar-refractivity contribution in [2.24, 2.45) is 7.05 Å². The Kier molecular flexibility index (Phi) is 4.40. The largest absolute Gasteiger partial charge is 0.377 e. The van der Waals surface area contributed by atoms with Crippen LogP contribution in [0.4, 0.5) is 5.69 Å². The third-order valence-electron chi connectivity index (χ3n) is 3.17. The number of nitrogens with one attached hydrogen (secondary N) is 2. The molecule has 0 aliphatic heterocycles. The van der Waals surface area contributed by atoms with Gasteiger partial charge in [0.15, 0.2) is 0 Å². The minimum Gasteiger partial charge on any atom is -0.377 e. The van der Waals surface area contributed by atoms with Crippen LogP contribution in [-0.2, 0) is 7.05 Å². The van der Waals surface area contributed by atoms with E-state index in [2.05, 4.69) is 22.7 Å². The lowest BCUT2D eigenvalue weighted by atomic mass is 10.1. The zero-order valence-corrected chi connectivity index (χ0v) is 12.1. The van der Waals surface area contributed by atoms with E-state index >= 15 is 0 Å². The average Bonchev–Trinajstić information content (AvgIpc) is 2.86. The second-order valence-corrected chi connectivity index (χ2v) is 4.68. The lowest BCUT2D eigenvalue weighted by Crippen LogP contribution is -2.22. The fraction of sp³-hybridized carbons (Fsp3) is 0.333. The van der Waals surface area contributed by atoms with Crippen molar-refractivity contribution in [2.75, 3.05) is 11.9 Å². The summed E-state index contributed by atoms with van der Waals surface area (Å²) in [5.74, 6) is -0.0428. The number of aromatic nitrogens is 2. The van der Waals surface area contributed by atoms with Gasteiger partial charge in [0, 0.05) is 31.0 Å². The molecule has 1 unspecified atom stereocenters. The minimum absolute atomic E-state index is 0.0428. The molecular weight excluding hydrogens is 252 g/mol. The van der Waals surface area contributed by atoms with Gasteiger partial charge in [0.2, 0.25) is 0 Å². The van der Waals surface area contributed by atoms with E-state index in [4.69, 9.17) is 0 Å². The SMILES string of the molecule is CCNC(=O)c1ccc(NC(C)c2ccnn2C)cc1. The van der Waals surface area contributed by atoms with Gasteiger partial charge in [-0.1, -0.05) is 0 Å². The minimum atomic E-state index is -0.0428. The van der Waals surface area contributed by atoms with Gasteiger partial charge in [-0.3, -0.25) is 9.48 Å². The molecule has 0 aliphatic carbocycles. The molecule has 1 amide bonds. The molecule has 1 atom stereocenters. The van der Waals surface area contributed by atoms with Crippen LogP contribution in [0.2, 0.25) is 0 Å². The van der Waals surface area contributed by atoms with E-state index in [0.717, 1.165) is 11.4 Å². The van der Waals surface area contributed by atoms with Crippen LogP contribution in [-0.4, -0.2) is 22.2 Å². The van der Waals surface area contributed by atoms with Crippen LogP contribution in [0.3, 0.4) is 0 Å². The summed E-state index contributed by atoms with van der Waals surface area (Å²) in [6.45, 7) is 4.62. The summed E-state index contributed by atoms with van der Waals surface area (Å²) in [4.78, 5) is 11.7. The van der Waals surface area contributed by atoms with Crippen molar-refractivity contribution in [1.29, 1.82) is 0 Å². The second-order valence-electron chi connectivity index (χ2n) is 4.68. The van der Waals surface area contributed by atoms with Crippen LogP contribution < -0.4 is 10.6 Å². The standard InChI is InChI=1S/C15H20N4O/c1-4-16-15(20)12-5-7-13(8-6-12)18-11(2)14-9-10-17-19(14)3/h5-11,18H,4H2,1-3H3,(H,16,20). The van der Waals surface area contributed by atoms with E-state index < -0.39 is 0 Å². The molecule has 0 bridgehead atoms. The van der Waals surface area contributed by atoms with Crippen molar-refractivity contribution >= 4 is 11.6 Å². The Bertz CT molecular complexity index is 574. The quantitative estimate of drug-likeness (QED) is 0.878. The first-order valence-electron chi connectivity index (χ1n) is 6.74. The van der Waals surface area contributed by atoms with E-state index in [9.17, 15) is 4.79 Å². The number of nitrogens with zero attached hydrogens (tertiary/aromatic N) is 2. The van der Waals surface area contributed by atoms with E-state index in [1.54, 1.807) is 6.20 Å². The summed E-state index contributed by atoms with van der Waals surface area (Å²) >= 11 is 0. The van der Waals surface area contributed by atoms with Gasteiger partial charge in [-0.15, -0.1) is 0 Å². The Morgan fingerprint density at radius 1 is 1.30 bits per heavy atom. The first kappa shape index (κ1) is 14.1. The Morgan fingerprint density at radius 2 is 2.00 bits per heavy atom. The third kappa shape index (κ3) is 3.17. The lowest BCUT2D eigenvalue weighted by Gasteiger charge is -2.15. The van der Waals surface area contributed by atoms with Gasteiger partial charge in [-0.25, -0.2) is 0 Å². The molecule has 0 fully saturated rings. The number of benzene rings is 1. The van der Waals surface area contributed by atoms with Gasteiger partial charge >= 0.3 is 0 Å². The smallest absolute Gasteiger partial charge is 0.251 e. The topological polar surface area (TPSA) is 59.0 Å². The van der Waals surface area contributed by atoms with Gasteiger partial charge in [0.25, 0.3) is 5.91 Å². The Labute approximate surface area is 119 Å². The molecule has 0 saturated heterocycles. The molecule has 0 spiro atoms. The van der Waals surface area contributed by atoms with E-state index in [1.165, 1.54) is 0 Å². The van der Waals surface area contributed by atoms with Crippen molar-refractivity contribution < 1.29 is 4.79 Å². The average molecular weight is 272 g/mol. The molecule has 1 aromatic carbocycles. The predicted molar refractivity (Wildman–Crippen MR) is 79.7 cm³/mol.